The Balaban J connectivity index is 2.59. The average Bonchev–Trinajstić information content (AvgIpc) is 2.47. The highest BCUT2D eigenvalue weighted by molar-refractivity contribution is 5.64. The zero-order valence-corrected chi connectivity index (χ0v) is 6.65. The number of pyridine rings is 1. The number of hydrogen-bond donors (Lipinski definition) is 2. The SMILES string of the molecule is Nc1oc(=O)[nH]c1-c1ccccn1. The smallest absolute Gasteiger partial charge is 0.391 e. The fourth-order valence-corrected chi connectivity index (χ4v) is 1.04. The molecule has 0 atom stereocenters. The van der Waals surface area contributed by atoms with Crippen molar-refractivity contribution in [1.82, 2.24) is 9.97 Å². The van der Waals surface area contributed by atoms with E-state index in [2.05, 4.69) is 14.4 Å². The van der Waals surface area contributed by atoms with Gasteiger partial charge in [-0.3, -0.25) is 9.97 Å². The highest BCUT2D eigenvalue weighted by Gasteiger charge is 2.08. The van der Waals surface area contributed by atoms with Gasteiger partial charge in [-0.05, 0) is 12.1 Å². The van der Waals surface area contributed by atoms with E-state index in [-0.39, 0.29) is 5.88 Å². The quantitative estimate of drug-likeness (QED) is 0.668. The number of nitrogens with two attached hydrogens (primary N) is 1. The zero-order chi connectivity index (χ0) is 9.26. The first-order valence-electron chi connectivity index (χ1n) is 3.67. The van der Waals surface area contributed by atoms with Crippen molar-refractivity contribution >= 4 is 5.88 Å². The molecule has 0 amide bonds. The Morgan fingerprint density at radius 2 is 2.31 bits per heavy atom. The number of nitrogens with zero attached hydrogens (tertiary/aromatic N) is 1. The van der Waals surface area contributed by atoms with Crippen molar-refractivity contribution in [1.29, 1.82) is 0 Å². The van der Waals surface area contributed by atoms with Crippen molar-refractivity contribution in [2.45, 2.75) is 0 Å². The van der Waals surface area contributed by atoms with Crippen LogP contribution in [0.5, 0.6) is 0 Å². The van der Waals surface area contributed by atoms with Gasteiger partial charge in [0.1, 0.15) is 5.69 Å². The Bertz CT molecular complexity index is 458. The molecule has 0 aliphatic rings. The molecule has 2 aromatic rings. The predicted octanol–water partition coefficient (Wildman–Crippen LogP) is 0.612. The Hall–Kier alpha value is -2.04. The first kappa shape index (κ1) is 7.60. The number of anilines is 1. The molecule has 0 fully saturated rings. The van der Waals surface area contributed by atoms with Crippen molar-refractivity contribution < 1.29 is 4.42 Å². The Morgan fingerprint density at radius 1 is 1.46 bits per heavy atom. The summed E-state index contributed by atoms with van der Waals surface area (Å²) in [5.74, 6) is -0.512. The van der Waals surface area contributed by atoms with E-state index in [1.165, 1.54) is 0 Å². The van der Waals surface area contributed by atoms with Gasteiger partial charge in [0, 0.05) is 6.20 Å². The molecule has 66 valence electrons. The molecule has 0 saturated heterocycles. The third-order valence-electron chi connectivity index (χ3n) is 1.60. The predicted molar refractivity (Wildman–Crippen MR) is 47.0 cm³/mol. The molecule has 0 aliphatic heterocycles. The molecule has 0 spiro atoms. The van der Waals surface area contributed by atoms with Gasteiger partial charge in [0.15, 0.2) is 0 Å². The summed E-state index contributed by atoms with van der Waals surface area (Å²) < 4.78 is 4.60. The van der Waals surface area contributed by atoms with Crippen LogP contribution in [0.4, 0.5) is 5.88 Å². The van der Waals surface area contributed by atoms with Crippen molar-refractivity contribution in [2.75, 3.05) is 5.73 Å². The highest BCUT2D eigenvalue weighted by atomic mass is 16.4. The average molecular weight is 177 g/mol. The maximum absolute atomic E-state index is 10.8. The van der Waals surface area contributed by atoms with Crippen LogP contribution in [0.1, 0.15) is 0 Å². The van der Waals surface area contributed by atoms with Crippen LogP contribution in [-0.4, -0.2) is 9.97 Å². The molecule has 0 bridgehead atoms. The Morgan fingerprint density at radius 3 is 2.85 bits per heavy atom. The number of H-pyrrole nitrogens is 1. The second-order valence-corrected chi connectivity index (χ2v) is 2.47. The lowest BCUT2D eigenvalue weighted by atomic mass is 10.3. The summed E-state index contributed by atoms with van der Waals surface area (Å²) in [6.45, 7) is 0. The van der Waals surface area contributed by atoms with Crippen LogP contribution in [-0.2, 0) is 0 Å². The molecule has 5 heteroatoms. The lowest BCUT2D eigenvalue weighted by Gasteiger charge is -1.94. The van der Waals surface area contributed by atoms with Crippen LogP contribution in [0, 0.1) is 0 Å². The van der Waals surface area contributed by atoms with Crippen molar-refractivity contribution in [3.63, 3.8) is 0 Å². The molecule has 0 radical (unpaired) electrons. The first-order valence-corrected chi connectivity index (χ1v) is 3.67. The number of aromatic nitrogens is 2. The molecule has 0 saturated carbocycles. The maximum atomic E-state index is 10.8. The van der Waals surface area contributed by atoms with Crippen LogP contribution in [0.15, 0.2) is 33.6 Å². The van der Waals surface area contributed by atoms with Crippen LogP contribution in [0.3, 0.4) is 0 Å². The molecule has 0 unspecified atom stereocenters. The van der Waals surface area contributed by atoms with Gasteiger partial charge in [0.2, 0.25) is 5.88 Å². The van der Waals surface area contributed by atoms with E-state index in [1.54, 1.807) is 24.4 Å². The lowest BCUT2D eigenvalue weighted by Crippen LogP contribution is -1.95. The second kappa shape index (κ2) is 2.78. The fraction of sp³-hybridized carbons (Fsp3) is 0. The van der Waals surface area contributed by atoms with Crippen LogP contribution < -0.4 is 11.5 Å². The number of nitrogens with one attached hydrogen (secondary N) is 1. The van der Waals surface area contributed by atoms with Gasteiger partial charge >= 0.3 is 5.76 Å². The number of nitrogen functional groups attached to an aromatic ring is 1. The third kappa shape index (κ3) is 1.31. The monoisotopic (exact) mass is 177 g/mol. The summed E-state index contributed by atoms with van der Waals surface area (Å²) in [5, 5.41) is 0. The minimum absolute atomic E-state index is 0.0590. The topological polar surface area (TPSA) is 84.9 Å². The number of hydrogen-bond acceptors (Lipinski definition) is 4. The summed E-state index contributed by atoms with van der Waals surface area (Å²) in [5.41, 5.74) is 6.45. The normalized spacial score (nSPS) is 10.2. The third-order valence-corrected chi connectivity index (χ3v) is 1.60. The molecule has 5 nitrogen and oxygen atoms in total. The number of oxazole rings is 1. The van der Waals surface area contributed by atoms with E-state index in [4.69, 9.17) is 5.73 Å². The summed E-state index contributed by atoms with van der Waals surface area (Å²) in [7, 11) is 0. The van der Waals surface area contributed by atoms with Crippen molar-refractivity contribution in [3.8, 4) is 11.4 Å². The molecular formula is C8H7N3O2. The molecule has 0 aromatic carbocycles. The largest absolute Gasteiger partial charge is 0.418 e. The van der Waals surface area contributed by atoms with Gasteiger partial charge in [0.05, 0.1) is 5.69 Å². The van der Waals surface area contributed by atoms with Crippen LogP contribution in [0.2, 0.25) is 0 Å². The van der Waals surface area contributed by atoms with Crippen LogP contribution >= 0.6 is 0 Å². The molecular weight excluding hydrogens is 170 g/mol. The van der Waals surface area contributed by atoms with E-state index in [1.807, 2.05) is 0 Å². The minimum Gasteiger partial charge on any atom is -0.391 e. The highest BCUT2D eigenvalue weighted by Crippen LogP contribution is 2.18. The molecule has 2 aromatic heterocycles. The standard InChI is InChI=1S/C8H7N3O2/c9-7-6(11-8(12)13-7)5-3-1-2-4-10-5/h1-4H,9H2,(H,11,12). The summed E-state index contributed by atoms with van der Waals surface area (Å²) in [6.07, 6.45) is 1.61. The number of rotatable bonds is 1. The van der Waals surface area contributed by atoms with Crippen LogP contribution in [0.25, 0.3) is 11.4 Å². The van der Waals surface area contributed by atoms with Gasteiger partial charge in [0.25, 0.3) is 0 Å². The van der Waals surface area contributed by atoms with E-state index in [9.17, 15) is 4.79 Å². The number of aromatic amines is 1. The molecule has 0 aliphatic carbocycles. The van der Waals surface area contributed by atoms with Gasteiger partial charge in [-0.15, -0.1) is 0 Å². The fourth-order valence-electron chi connectivity index (χ4n) is 1.04. The van der Waals surface area contributed by atoms with Crippen molar-refractivity contribution in [2.24, 2.45) is 0 Å². The second-order valence-electron chi connectivity index (χ2n) is 2.47. The van der Waals surface area contributed by atoms with E-state index >= 15 is 0 Å². The molecule has 3 N–H and O–H groups in total. The maximum Gasteiger partial charge on any atom is 0.418 e. The van der Waals surface area contributed by atoms with Gasteiger partial charge in [-0.2, -0.15) is 0 Å². The molecule has 2 rings (SSSR count). The summed E-state index contributed by atoms with van der Waals surface area (Å²) in [6, 6.07) is 5.31. The summed E-state index contributed by atoms with van der Waals surface area (Å²) >= 11 is 0. The summed E-state index contributed by atoms with van der Waals surface area (Å²) in [4.78, 5) is 17.2. The van der Waals surface area contributed by atoms with Gasteiger partial charge in [-0.1, -0.05) is 6.07 Å². The molecule has 2 heterocycles. The zero-order valence-electron chi connectivity index (χ0n) is 6.65. The van der Waals surface area contributed by atoms with E-state index in [0.717, 1.165) is 0 Å². The Labute approximate surface area is 73.2 Å². The van der Waals surface area contributed by atoms with Crippen molar-refractivity contribution in [3.05, 3.63) is 34.9 Å². The Kier molecular flexibility index (Phi) is 1.63. The molecule has 13 heavy (non-hydrogen) atoms. The first-order chi connectivity index (χ1) is 6.27. The van der Waals surface area contributed by atoms with E-state index in [0.29, 0.717) is 11.4 Å². The minimum atomic E-state index is -0.571. The lowest BCUT2D eigenvalue weighted by molar-refractivity contribution is 0.533. The van der Waals surface area contributed by atoms with E-state index < -0.39 is 5.76 Å². The van der Waals surface area contributed by atoms with Gasteiger partial charge in [-0.25, -0.2) is 4.79 Å². The van der Waals surface area contributed by atoms with Gasteiger partial charge < -0.3 is 10.2 Å².